The molecule has 2 aromatic heterocycles. The molecule has 0 aliphatic rings. The zero-order valence-electron chi connectivity index (χ0n) is 16.1. The van der Waals surface area contributed by atoms with Gasteiger partial charge in [-0.05, 0) is 30.3 Å². The molecule has 12 nitrogen and oxygen atoms in total. The number of furan rings is 1. The van der Waals surface area contributed by atoms with Crippen LogP contribution in [-0.4, -0.2) is 42.2 Å². The zero-order chi connectivity index (χ0) is 22.3. The monoisotopic (exact) mass is 449 g/mol. The van der Waals surface area contributed by atoms with Gasteiger partial charge in [-0.15, -0.1) is 0 Å². The number of aromatic nitrogens is 2. The van der Waals surface area contributed by atoms with Gasteiger partial charge < -0.3 is 14.5 Å². The van der Waals surface area contributed by atoms with Crippen molar-refractivity contribution in [3.8, 4) is 0 Å². The van der Waals surface area contributed by atoms with Crippen LogP contribution in [0.3, 0.4) is 0 Å². The zero-order valence-corrected chi connectivity index (χ0v) is 16.9. The minimum atomic E-state index is -4.17. The Labute approximate surface area is 177 Å². The molecular weight excluding hydrogens is 430 g/mol. The normalized spacial score (nSPS) is 11.2. The Morgan fingerprint density at radius 2 is 2.13 bits per heavy atom. The number of anilines is 1. The summed E-state index contributed by atoms with van der Waals surface area (Å²) in [4.78, 5) is 22.1. The Kier molecular flexibility index (Phi) is 6.99. The molecule has 0 radical (unpaired) electrons. The maximum Gasteiger partial charge on any atom is 0.321 e. The molecule has 0 aliphatic carbocycles. The van der Waals surface area contributed by atoms with E-state index in [4.69, 9.17) is 9.15 Å². The number of nitrogens with one attached hydrogen (secondary N) is 2. The van der Waals surface area contributed by atoms with E-state index in [0.29, 0.717) is 12.3 Å². The highest BCUT2D eigenvalue weighted by molar-refractivity contribution is 7.89. The van der Waals surface area contributed by atoms with Crippen LogP contribution in [0.25, 0.3) is 0 Å². The summed E-state index contributed by atoms with van der Waals surface area (Å²) < 4.78 is 38.6. The maximum atomic E-state index is 12.4. The van der Waals surface area contributed by atoms with E-state index >= 15 is 0 Å². The smallest absolute Gasteiger partial charge is 0.321 e. The predicted octanol–water partition coefficient (Wildman–Crippen LogP) is 1.52. The largest absolute Gasteiger partial charge is 0.467 e. The number of sulfonamides is 1. The van der Waals surface area contributed by atoms with Crippen LogP contribution in [0.15, 0.2) is 64.4 Å². The average Bonchev–Trinajstić information content (AvgIpc) is 3.45. The van der Waals surface area contributed by atoms with Crippen molar-refractivity contribution in [1.82, 2.24) is 14.5 Å². The highest BCUT2D eigenvalue weighted by Crippen LogP contribution is 2.28. The summed E-state index contributed by atoms with van der Waals surface area (Å²) in [7, 11) is -4.17. The Bertz CT molecular complexity index is 1130. The molecule has 1 aromatic carbocycles. The lowest BCUT2D eigenvalue weighted by Crippen LogP contribution is -2.31. The SMILES string of the molecule is O=C(CNS(=O)(=O)c1ccc(NCc2ccco2)c([N+](=O)[O-])c1)OCCn1cccn1. The van der Waals surface area contributed by atoms with Crippen LogP contribution in [0.1, 0.15) is 5.76 Å². The molecule has 0 saturated carbocycles. The predicted molar refractivity (Wildman–Crippen MR) is 108 cm³/mol. The topological polar surface area (TPSA) is 159 Å². The van der Waals surface area contributed by atoms with Gasteiger partial charge in [0.2, 0.25) is 10.0 Å². The van der Waals surface area contributed by atoms with Crippen LogP contribution in [0.2, 0.25) is 0 Å². The number of ether oxygens (including phenoxy) is 1. The third-order valence-corrected chi connectivity index (χ3v) is 5.46. The Hall–Kier alpha value is -3.71. The number of nitro benzene ring substituents is 1. The Balaban J connectivity index is 1.59. The van der Waals surface area contributed by atoms with Crippen molar-refractivity contribution in [1.29, 1.82) is 0 Å². The average molecular weight is 449 g/mol. The summed E-state index contributed by atoms with van der Waals surface area (Å²) >= 11 is 0. The number of carbonyl (C=O) groups is 1. The van der Waals surface area contributed by atoms with Gasteiger partial charge in [0.1, 0.15) is 24.6 Å². The molecule has 3 rings (SSSR count). The summed E-state index contributed by atoms with van der Waals surface area (Å²) in [6.07, 6.45) is 4.73. The van der Waals surface area contributed by atoms with Crippen molar-refractivity contribution in [2.45, 2.75) is 18.0 Å². The van der Waals surface area contributed by atoms with Crippen molar-refractivity contribution in [3.63, 3.8) is 0 Å². The molecule has 0 unspecified atom stereocenters. The summed E-state index contributed by atoms with van der Waals surface area (Å²) in [6, 6.07) is 8.47. The minimum absolute atomic E-state index is 0.0176. The number of carbonyl (C=O) groups excluding carboxylic acids is 1. The van der Waals surface area contributed by atoms with Gasteiger partial charge in [0.15, 0.2) is 0 Å². The van der Waals surface area contributed by atoms with Crippen LogP contribution in [0.5, 0.6) is 0 Å². The molecular formula is C18H19N5O7S. The quantitative estimate of drug-likeness (QED) is 0.251. The second-order valence-corrected chi connectivity index (χ2v) is 7.95. The van der Waals surface area contributed by atoms with E-state index in [9.17, 15) is 23.3 Å². The van der Waals surface area contributed by atoms with Gasteiger partial charge in [-0.3, -0.25) is 19.6 Å². The number of nitrogens with zero attached hydrogens (tertiary/aromatic N) is 3. The Morgan fingerprint density at radius 1 is 1.29 bits per heavy atom. The number of nitro groups is 1. The van der Waals surface area contributed by atoms with Gasteiger partial charge in [0, 0.05) is 18.5 Å². The minimum Gasteiger partial charge on any atom is -0.467 e. The van der Waals surface area contributed by atoms with Crippen LogP contribution in [0.4, 0.5) is 11.4 Å². The summed E-state index contributed by atoms with van der Waals surface area (Å²) in [5, 5.41) is 18.2. The van der Waals surface area contributed by atoms with E-state index in [2.05, 4.69) is 15.1 Å². The van der Waals surface area contributed by atoms with Crippen molar-refractivity contribution in [3.05, 3.63) is 70.9 Å². The molecule has 0 atom stereocenters. The van der Waals surface area contributed by atoms with Crippen LogP contribution >= 0.6 is 0 Å². The highest BCUT2D eigenvalue weighted by Gasteiger charge is 2.22. The lowest BCUT2D eigenvalue weighted by Gasteiger charge is -2.10. The van der Waals surface area contributed by atoms with Gasteiger partial charge in [-0.25, -0.2) is 8.42 Å². The second kappa shape index (κ2) is 9.86. The van der Waals surface area contributed by atoms with E-state index in [1.165, 1.54) is 18.4 Å². The van der Waals surface area contributed by atoms with E-state index < -0.39 is 33.1 Å². The van der Waals surface area contributed by atoms with Crippen molar-refractivity contribution < 1.29 is 27.3 Å². The molecule has 31 heavy (non-hydrogen) atoms. The third-order valence-electron chi connectivity index (χ3n) is 4.06. The van der Waals surface area contributed by atoms with Crippen molar-refractivity contribution >= 4 is 27.4 Å². The lowest BCUT2D eigenvalue weighted by molar-refractivity contribution is -0.384. The standard InChI is InChI=1S/C18H19N5O7S/c24-18(30-10-8-22-7-2-6-20-22)13-21-31(27,28)15-4-5-16(17(11-15)23(25)26)19-12-14-3-1-9-29-14/h1-7,9,11,19,21H,8,10,12-13H2. The Morgan fingerprint density at radius 3 is 2.81 bits per heavy atom. The molecule has 0 fully saturated rings. The molecule has 3 aromatic rings. The first-order valence-corrected chi connectivity index (χ1v) is 10.5. The van der Waals surface area contributed by atoms with Gasteiger partial charge >= 0.3 is 5.97 Å². The molecule has 13 heteroatoms. The summed E-state index contributed by atoms with van der Waals surface area (Å²) in [6.45, 7) is -0.0931. The fourth-order valence-electron chi connectivity index (χ4n) is 2.55. The van der Waals surface area contributed by atoms with Gasteiger partial charge in [-0.1, -0.05) is 0 Å². The fourth-order valence-corrected chi connectivity index (χ4v) is 3.54. The number of rotatable bonds is 11. The molecule has 0 saturated heterocycles. The number of hydrogen-bond acceptors (Lipinski definition) is 9. The van der Waals surface area contributed by atoms with Gasteiger partial charge in [0.25, 0.3) is 5.69 Å². The maximum absolute atomic E-state index is 12.4. The first kappa shape index (κ1) is 22.0. The van der Waals surface area contributed by atoms with Gasteiger partial charge in [0.05, 0.1) is 29.2 Å². The molecule has 0 bridgehead atoms. The second-order valence-electron chi connectivity index (χ2n) is 6.18. The van der Waals surface area contributed by atoms with Crippen LogP contribution in [-0.2, 0) is 32.6 Å². The van der Waals surface area contributed by atoms with E-state index in [-0.39, 0.29) is 23.7 Å². The fraction of sp³-hybridized carbons (Fsp3) is 0.222. The van der Waals surface area contributed by atoms with Crippen molar-refractivity contribution in [2.75, 3.05) is 18.5 Å². The first-order valence-electron chi connectivity index (χ1n) is 9.02. The molecule has 0 spiro atoms. The molecule has 164 valence electrons. The molecule has 2 N–H and O–H groups in total. The highest BCUT2D eigenvalue weighted by atomic mass is 32.2. The molecule has 0 aliphatic heterocycles. The lowest BCUT2D eigenvalue weighted by atomic mass is 10.2. The van der Waals surface area contributed by atoms with Crippen LogP contribution in [0, 0.1) is 10.1 Å². The third kappa shape index (κ3) is 6.13. The summed E-state index contributed by atoms with van der Waals surface area (Å²) in [5.41, 5.74) is -0.311. The van der Waals surface area contributed by atoms with Crippen molar-refractivity contribution in [2.24, 2.45) is 0 Å². The number of esters is 1. The number of hydrogen-bond donors (Lipinski definition) is 2. The van der Waals surface area contributed by atoms with E-state index in [0.717, 1.165) is 6.07 Å². The van der Waals surface area contributed by atoms with Gasteiger partial charge in [-0.2, -0.15) is 9.82 Å². The summed E-state index contributed by atoms with van der Waals surface area (Å²) in [5.74, 6) is -0.235. The number of benzene rings is 1. The molecule has 0 amide bonds. The van der Waals surface area contributed by atoms with Crippen LogP contribution < -0.4 is 10.0 Å². The van der Waals surface area contributed by atoms with E-state index in [1.807, 2.05) is 0 Å². The van der Waals surface area contributed by atoms with E-state index in [1.54, 1.807) is 35.3 Å². The molecule has 2 heterocycles. The first-order chi connectivity index (χ1) is 14.8.